The molecule has 7 heteroatoms. The maximum Gasteiger partial charge on any atom is 0.240 e. The zero-order valence-corrected chi connectivity index (χ0v) is 10.7. The number of carbonyl (C=O) groups is 1. The van der Waals surface area contributed by atoms with E-state index in [0.29, 0.717) is 39.1 Å². The van der Waals surface area contributed by atoms with E-state index in [1.807, 2.05) is 0 Å². The highest BCUT2D eigenvalue weighted by molar-refractivity contribution is 5.85. The van der Waals surface area contributed by atoms with Gasteiger partial charge in [-0.25, -0.2) is 0 Å². The van der Waals surface area contributed by atoms with Crippen LogP contribution in [0.25, 0.3) is 0 Å². The Labute approximate surface area is 111 Å². The minimum Gasteiger partial charge on any atom is -0.381 e. The number of carbonyl (C=O) groups excluding carboxylic acids is 1. The Balaban J connectivity index is 1.75. The molecule has 1 aromatic heterocycles. The maximum absolute atomic E-state index is 12.1. The SMILES string of the molecule is N#CC1(C(=O)NCCCn2ccnn2)CCOCC1. The quantitative estimate of drug-likeness (QED) is 0.761. The van der Waals surface area contributed by atoms with Crippen molar-refractivity contribution in [3.63, 3.8) is 0 Å². The fourth-order valence-corrected chi connectivity index (χ4v) is 2.07. The fraction of sp³-hybridized carbons (Fsp3) is 0.667. The molecule has 1 aliphatic rings. The molecule has 0 atom stereocenters. The predicted molar refractivity (Wildman–Crippen MR) is 65.7 cm³/mol. The van der Waals surface area contributed by atoms with Crippen LogP contribution in [0.4, 0.5) is 0 Å². The summed E-state index contributed by atoms with van der Waals surface area (Å²) in [5.74, 6) is -0.183. The average molecular weight is 263 g/mol. The van der Waals surface area contributed by atoms with Gasteiger partial charge in [-0.2, -0.15) is 5.26 Å². The predicted octanol–water partition coefficient (Wildman–Crippen LogP) is 0.105. The molecule has 1 amide bonds. The minimum absolute atomic E-state index is 0.183. The first kappa shape index (κ1) is 13.5. The van der Waals surface area contributed by atoms with Crippen LogP contribution in [0.1, 0.15) is 19.3 Å². The third-order valence-corrected chi connectivity index (χ3v) is 3.32. The smallest absolute Gasteiger partial charge is 0.240 e. The van der Waals surface area contributed by atoms with E-state index in [1.54, 1.807) is 17.1 Å². The van der Waals surface area contributed by atoms with E-state index in [-0.39, 0.29) is 5.91 Å². The van der Waals surface area contributed by atoms with Crippen molar-refractivity contribution in [2.75, 3.05) is 19.8 Å². The Morgan fingerprint density at radius 3 is 2.95 bits per heavy atom. The molecular weight excluding hydrogens is 246 g/mol. The van der Waals surface area contributed by atoms with Crippen LogP contribution in [-0.2, 0) is 16.1 Å². The minimum atomic E-state index is -0.911. The maximum atomic E-state index is 12.1. The molecule has 1 aliphatic heterocycles. The largest absolute Gasteiger partial charge is 0.381 e. The van der Waals surface area contributed by atoms with Crippen molar-refractivity contribution in [3.8, 4) is 6.07 Å². The Kier molecular flexibility index (Phi) is 4.47. The molecule has 0 bridgehead atoms. The number of rotatable bonds is 5. The summed E-state index contributed by atoms with van der Waals surface area (Å²) in [6, 6.07) is 2.15. The number of hydrogen-bond acceptors (Lipinski definition) is 5. The van der Waals surface area contributed by atoms with Crippen LogP contribution in [0.2, 0.25) is 0 Å². The van der Waals surface area contributed by atoms with Crippen LogP contribution in [0.15, 0.2) is 12.4 Å². The normalized spacial score (nSPS) is 17.6. The van der Waals surface area contributed by atoms with Gasteiger partial charge in [-0.3, -0.25) is 9.48 Å². The van der Waals surface area contributed by atoms with E-state index in [0.717, 1.165) is 6.42 Å². The van der Waals surface area contributed by atoms with Gasteiger partial charge in [0.1, 0.15) is 5.41 Å². The van der Waals surface area contributed by atoms with Crippen molar-refractivity contribution in [3.05, 3.63) is 12.4 Å². The van der Waals surface area contributed by atoms with Crippen LogP contribution < -0.4 is 5.32 Å². The lowest BCUT2D eigenvalue weighted by Gasteiger charge is -2.29. The molecule has 102 valence electrons. The van der Waals surface area contributed by atoms with Crippen LogP contribution in [0, 0.1) is 16.7 Å². The number of aromatic nitrogens is 3. The number of nitrogens with zero attached hydrogens (tertiary/aromatic N) is 4. The molecule has 19 heavy (non-hydrogen) atoms. The molecule has 0 radical (unpaired) electrons. The van der Waals surface area contributed by atoms with E-state index in [4.69, 9.17) is 4.74 Å². The van der Waals surface area contributed by atoms with Crippen molar-refractivity contribution < 1.29 is 9.53 Å². The van der Waals surface area contributed by atoms with Gasteiger partial charge in [0.2, 0.25) is 5.91 Å². The van der Waals surface area contributed by atoms with Gasteiger partial charge in [0, 0.05) is 32.5 Å². The lowest BCUT2D eigenvalue weighted by molar-refractivity contribution is -0.132. The number of hydrogen-bond donors (Lipinski definition) is 1. The van der Waals surface area contributed by atoms with Crippen LogP contribution in [0.3, 0.4) is 0 Å². The Morgan fingerprint density at radius 1 is 1.53 bits per heavy atom. The molecule has 2 heterocycles. The number of amides is 1. The van der Waals surface area contributed by atoms with E-state index in [9.17, 15) is 10.1 Å². The monoisotopic (exact) mass is 263 g/mol. The number of nitriles is 1. The van der Waals surface area contributed by atoms with Gasteiger partial charge in [-0.1, -0.05) is 5.21 Å². The molecule has 1 fully saturated rings. The molecule has 1 N–H and O–H groups in total. The summed E-state index contributed by atoms with van der Waals surface area (Å²) in [5, 5.41) is 19.6. The second-order valence-electron chi connectivity index (χ2n) is 4.58. The molecule has 2 rings (SSSR count). The molecule has 7 nitrogen and oxygen atoms in total. The molecule has 1 aromatic rings. The summed E-state index contributed by atoms with van der Waals surface area (Å²) in [4.78, 5) is 12.1. The standard InChI is InChI=1S/C12H17N5O2/c13-10-12(2-8-19-9-3-12)11(18)14-4-1-6-17-7-5-15-16-17/h5,7H,1-4,6,8-9H2,(H,14,18). The summed E-state index contributed by atoms with van der Waals surface area (Å²) in [6.45, 7) is 2.17. The molecule has 0 saturated carbocycles. The Bertz CT molecular complexity index is 445. The van der Waals surface area contributed by atoms with Crippen molar-refractivity contribution in [1.82, 2.24) is 20.3 Å². The third-order valence-electron chi connectivity index (χ3n) is 3.32. The zero-order chi connectivity index (χ0) is 13.6. The molecule has 1 saturated heterocycles. The second kappa shape index (κ2) is 6.29. The second-order valence-corrected chi connectivity index (χ2v) is 4.58. The summed E-state index contributed by atoms with van der Waals surface area (Å²) in [5.41, 5.74) is -0.911. The van der Waals surface area contributed by atoms with Gasteiger partial charge in [-0.15, -0.1) is 5.10 Å². The molecule has 0 unspecified atom stereocenters. The number of aryl methyl sites for hydroxylation is 1. The first-order chi connectivity index (χ1) is 9.27. The molecule has 0 aliphatic carbocycles. The van der Waals surface area contributed by atoms with Crippen LogP contribution in [0.5, 0.6) is 0 Å². The highest BCUT2D eigenvalue weighted by Crippen LogP contribution is 2.29. The summed E-state index contributed by atoms with van der Waals surface area (Å²) >= 11 is 0. The molecular formula is C12H17N5O2. The zero-order valence-electron chi connectivity index (χ0n) is 10.7. The van der Waals surface area contributed by atoms with Crippen molar-refractivity contribution in [2.24, 2.45) is 5.41 Å². The summed E-state index contributed by atoms with van der Waals surface area (Å²) < 4.78 is 6.91. The van der Waals surface area contributed by atoms with Gasteiger partial charge < -0.3 is 10.1 Å². The van der Waals surface area contributed by atoms with E-state index >= 15 is 0 Å². The van der Waals surface area contributed by atoms with Crippen LogP contribution >= 0.6 is 0 Å². The first-order valence-electron chi connectivity index (χ1n) is 6.38. The lowest BCUT2D eigenvalue weighted by Crippen LogP contribution is -2.44. The van der Waals surface area contributed by atoms with Gasteiger partial charge in [0.25, 0.3) is 0 Å². The van der Waals surface area contributed by atoms with Crippen LogP contribution in [-0.4, -0.2) is 40.7 Å². The Morgan fingerprint density at radius 2 is 2.32 bits per heavy atom. The average Bonchev–Trinajstić information content (AvgIpc) is 2.97. The number of nitrogens with one attached hydrogen (secondary N) is 1. The van der Waals surface area contributed by atoms with Gasteiger partial charge in [-0.05, 0) is 19.3 Å². The first-order valence-corrected chi connectivity index (χ1v) is 6.38. The van der Waals surface area contributed by atoms with E-state index < -0.39 is 5.41 Å². The van der Waals surface area contributed by atoms with E-state index in [1.165, 1.54) is 0 Å². The van der Waals surface area contributed by atoms with Crippen molar-refractivity contribution in [2.45, 2.75) is 25.8 Å². The topological polar surface area (TPSA) is 92.8 Å². The summed E-state index contributed by atoms with van der Waals surface area (Å²) in [6.07, 6.45) is 5.09. The highest BCUT2D eigenvalue weighted by Gasteiger charge is 2.40. The van der Waals surface area contributed by atoms with E-state index in [2.05, 4.69) is 21.7 Å². The molecule has 0 spiro atoms. The van der Waals surface area contributed by atoms with Gasteiger partial charge >= 0.3 is 0 Å². The van der Waals surface area contributed by atoms with Crippen molar-refractivity contribution in [1.29, 1.82) is 5.26 Å². The fourth-order valence-electron chi connectivity index (χ4n) is 2.07. The number of ether oxygens (including phenoxy) is 1. The summed E-state index contributed by atoms with van der Waals surface area (Å²) in [7, 11) is 0. The third kappa shape index (κ3) is 3.29. The highest BCUT2D eigenvalue weighted by atomic mass is 16.5. The lowest BCUT2D eigenvalue weighted by atomic mass is 9.81. The van der Waals surface area contributed by atoms with Gasteiger partial charge in [0.05, 0.1) is 12.3 Å². The van der Waals surface area contributed by atoms with Gasteiger partial charge in [0.15, 0.2) is 0 Å². The Hall–Kier alpha value is -1.94. The van der Waals surface area contributed by atoms with Crippen molar-refractivity contribution >= 4 is 5.91 Å². The molecule has 0 aromatic carbocycles.